The molecule has 4 heteroatoms. The third kappa shape index (κ3) is 1.58. The van der Waals surface area contributed by atoms with Crippen molar-refractivity contribution in [3.05, 3.63) is 54.0 Å². The lowest BCUT2D eigenvalue weighted by molar-refractivity contribution is 0.692. The third-order valence-corrected chi connectivity index (χ3v) is 3.01. The Hall–Kier alpha value is -2.23. The zero-order chi connectivity index (χ0) is 11.8. The summed E-state index contributed by atoms with van der Waals surface area (Å²) in [5.74, 6) is 0.848. The maximum Gasteiger partial charge on any atom is 0.139 e. The van der Waals surface area contributed by atoms with Gasteiger partial charge in [-0.2, -0.15) is 0 Å². The van der Waals surface area contributed by atoms with Crippen molar-refractivity contribution in [2.45, 2.75) is 13.1 Å². The second kappa shape index (κ2) is 3.66. The molecule has 1 atom stereocenters. The maximum atomic E-state index is 4.35. The van der Waals surface area contributed by atoms with Crippen molar-refractivity contribution in [3.63, 3.8) is 0 Å². The number of nitrogens with zero attached hydrogens (tertiary/aromatic N) is 1. The molecule has 1 aromatic heterocycles. The number of nitrogens with one attached hydrogen (secondary N) is 3. The van der Waals surface area contributed by atoms with E-state index in [1.165, 1.54) is 5.57 Å². The molecule has 0 aromatic carbocycles. The van der Waals surface area contributed by atoms with Crippen molar-refractivity contribution in [1.29, 1.82) is 0 Å². The molecule has 17 heavy (non-hydrogen) atoms. The fraction of sp³-hybridized carbons (Fsp3) is 0.154. The molecule has 1 unspecified atom stereocenters. The van der Waals surface area contributed by atoms with E-state index in [0.29, 0.717) is 0 Å². The first-order valence-electron chi connectivity index (χ1n) is 5.57. The Balaban J connectivity index is 2.09. The first kappa shape index (κ1) is 9.96. The summed E-state index contributed by atoms with van der Waals surface area (Å²) < 4.78 is 0. The fourth-order valence-corrected chi connectivity index (χ4v) is 2.09. The van der Waals surface area contributed by atoms with E-state index in [-0.39, 0.29) is 6.17 Å². The van der Waals surface area contributed by atoms with Gasteiger partial charge in [0.05, 0.1) is 5.70 Å². The molecule has 1 aromatic rings. The smallest absolute Gasteiger partial charge is 0.139 e. The second-order valence-corrected chi connectivity index (χ2v) is 4.18. The quantitative estimate of drug-likeness (QED) is 0.631. The molecule has 0 radical (unpaired) electrons. The van der Waals surface area contributed by atoms with E-state index in [0.717, 1.165) is 22.8 Å². The van der Waals surface area contributed by atoms with Crippen LogP contribution >= 0.6 is 0 Å². The summed E-state index contributed by atoms with van der Waals surface area (Å²) in [6.07, 6.45) is 5.78. The standard InChI is InChI=1S/C13H14N4/c1-8-5-7-15-13-11(8)16-9(2)10-4-3-6-14-12(10)17-13/h3-7,13,15-16H,2H2,1H3,(H,14,17). The van der Waals surface area contributed by atoms with Gasteiger partial charge in [0.25, 0.3) is 0 Å². The highest BCUT2D eigenvalue weighted by molar-refractivity contribution is 5.75. The van der Waals surface area contributed by atoms with Crippen molar-refractivity contribution >= 4 is 11.5 Å². The van der Waals surface area contributed by atoms with Gasteiger partial charge in [0, 0.05) is 17.5 Å². The molecule has 0 fully saturated rings. The monoisotopic (exact) mass is 226 g/mol. The molecule has 0 aliphatic carbocycles. The van der Waals surface area contributed by atoms with Gasteiger partial charge < -0.3 is 16.0 Å². The van der Waals surface area contributed by atoms with Gasteiger partial charge in [-0.25, -0.2) is 4.98 Å². The lowest BCUT2D eigenvalue weighted by Gasteiger charge is -2.25. The number of hydrogen-bond acceptors (Lipinski definition) is 4. The number of rotatable bonds is 0. The highest BCUT2D eigenvalue weighted by Crippen LogP contribution is 2.26. The van der Waals surface area contributed by atoms with E-state index < -0.39 is 0 Å². The van der Waals surface area contributed by atoms with Crippen LogP contribution < -0.4 is 16.0 Å². The van der Waals surface area contributed by atoms with Gasteiger partial charge in [-0.1, -0.05) is 6.58 Å². The van der Waals surface area contributed by atoms with Crippen molar-refractivity contribution in [2.75, 3.05) is 5.32 Å². The van der Waals surface area contributed by atoms with E-state index in [1.54, 1.807) is 6.20 Å². The van der Waals surface area contributed by atoms with Gasteiger partial charge in [0.2, 0.25) is 0 Å². The largest absolute Gasteiger partial charge is 0.366 e. The summed E-state index contributed by atoms with van der Waals surface area (Å²) in [5, 5.41) is 9.98. The third-order valence-electron chi connectivity index (χ3n) is 3.01. The Morgan fingerprint density at radius 2 is 2.29 bits per heavy atom. The maximum absolute atomic E-state index is 4.35. The number of hydrogen-bond donors (Lipinski definition) is 3. The zero-order valence-corrected chi connectivity index (χ0v) is 9.62. The van der Waals surface area contributed by atoms with Crippen molar-refractivity contribution in [3.8, 4) is 0 Å². The van der Waals surface area contributed by atoms with Gasteiger partial charge in [-0.15, -0.1) is 0 Å². The molecule has 0 saturated carbocycles. The number of aromatic nitrogens is 1. The van der Waals surface area contributed by atoms with E-state index in [9.17, 15) is 0 Å². The first-order valence-corrected chi connectivity index (χ1v) is 5.57. The summed E-state index contributed by atoms with van der Waals surface area (Å²) in [4.78, 5) is 4.35. The second-order valence-electron chi connectivity index (χ2n) is 4.18. The number of pyridine rings is 1. The Morgan fingerprint density at radius 1 is 1.41 bits per heavy atom. The van der Waals surface area contributed by atoms with Crippen LogP contribution in [0.1, 0.15) is 12.5 Å². The molecule has 3 rings (SSSR count). The fourth-order valence-electron chi connectivity index (χ4n) is 2.09. The van der Waals surface area contributed by atoms with Gasteiger partial charge >= 0.3 is 0 Å². The number of fused-ring (bicyclic) bond motifs is 2. The Bertz CT molecular complexity index is 542. The van der Waals surface area contributed by atoms with Gasteiger partial charge in [-0.05, 0) is 36.9 Å². The Kier molecular flexibility index (Phi) is 2.14. The van der Waals surface area contributed by atoms with Gasteiger partial charge in [-0.3, -0.25) is 0 Å². The minimum absolute atomic E-state index is 0.0212. The summed E-state index contributed by atoms with van der Waals surface area (Å²) in [6.45, 7) is 6.14. The molecular weight excluding hydrogens is 212 g/mol. The van der Waals surface area contributed by atoms with Crippen LogP contribution in [-0.4, -0.2) is 11.1 Å². The minimum Gasteiger partial charge on any atom is -0.366 e. The average Bonchev–Trinajstić information content (AvgIpc) is 2.47. The zero-order valence-electron chi connectivity index (χ0n) is 9.62. The van der Waals surface area contributed by atoms with E-state index >= 15 is 0 Å². The molecule has 86 valence electrons. The Morgan fingerprint density at radius 3 is 3.18 bits per heavy atom. The normalized spacial score (nSPS) is 21.7. The summed E-state index contributed by atoms with van der Waals surface area (Å²) in [7, 11) is 0. The molecule has 3 N–H and O–H groups in total. The lowest BCUT2D eigenvalue weighted by atomic mass is 10.1. The topological polar surface area (TPSA) is 49.0 Å². The minimum atomic E-state index is 0.0212. The van der Waals surface area contributed by atoms with Crippen LogP contribution in [0.5, 0.6) is 0 Å². The molecular formula is C13H14N4. The average molecular weight is 226 g/mol. The lowest BCUT2D eigenvalue weighted by Crippen LogP contribution is -2.40. The van der Waals surface area contributed by atoms with Crippen LogP contribution in [0.4, 0.5) is 5.82 Å². The molecule has 4 nitrogen and oxygen atoms in total. The van der Waals surface area contributed by atoms with Crippen LogP contribution in [0, 0.1) is 0 Å². The number of dihydropyridines is 1. The van der Waals surface area contributed by atoms with Crippen LogP contribution in [-0.2, 0) is 0 Å². The number of allylic oxidation sites excluding steroid dienone is 2. The highest BCUT2D eigenvalue weighted by Gasteiger charge is 2.24. The predicted octanol–water partition coefficient (Wildman–Crippen LogP) is 1.78. The summed E-state index contributed by atoms with van der Waals surface area (Å²) in [5.41, 5.74) is 4.16. The van der Waals surface area contributed by atoms with Crippen LogP contribution in [0.25, 0.3) is 5.70 Å². The van der Waals surface area contributed by atoms with Gasteiger partial charge in [0.15, 0.2) is 0 Å². The van der Waals surface area contributed by atoms with Crippen LogP contribution in [0.3, 0.4) is 0 Å². The van der Waals surface area contributed by atoms with Crippen molar-refractivity contribution < 1.29 is 0 Å². The van der Waals surface area contributed by atoms with Crippen LogP contribution in [0.15, 0.2) is 48.5 Å². The van der Waals surface area contributed by atoms with Crippen molar-refractivity contribution in [1.82, 2.24) is 15.6 Å². The molecule has 0 saturated heterocycles. The molecule has 3 heterocycles. The molecule has 2 aliphatic rings. The van der Waals surface area contributed by atoms with Crippen LogP contribution in [0.2, 0.25) is 0 Å². The highest BCUT2D eigenvalue weighted by atomic mass is 15.2. The van der Waals surface area contributed by atoms with E-state index in [2.05, 4.69) is 34.4 Å². The molecule has 2 aliphatic heterocycles. The predicted molar refractivity (Wildman–Crippen MR) is 68.8 cm³/mol. The van der Waals surface area contributed by atoms with Gasteiger partial charge in [0.1, 0.15) is 12.0 Å². The van der Waals surface area contributed by atoms with E-state index in [4.69, 9.17) is 0 Å². The molecule has 0 amide bonds. The first-order chi connectivity index (χ1) is 8.25. The van der Waals surface area contributed by atoms with E-state index in [1.807, 2.05) is 24.4 Å². The van der Waals surface area contributed by atoms with Crippen molar-refractivity contribution in [2.24, 2.45) is 0 Å². The SMILES string of the molecule is C=C1NC2=C(C)C=CNC2Nc2ncccc21. The number of anilines is 1. The molecule has 0 bridgehead atoms. The summed E-state index contributed by atoms with van der Waals surface area (Å²) >= 11 is 0. The molecule has 0 spiro atoms. The summed E-state index contributed by atoms with van der Waals surface area (Å²) in [6, 6.07) is 3.92. The Labute approximate surface area is 100 Å².